The summed E-state index contributed by atoms with van der Waals surface area (Å²) >= 11 is 5.89. The topological polar surface area (TPSA) is 50.8 Å². The van der Waals surface area contributed by atoms with Gasteiger partial charge in [0.2, 0.25) is 0 Å². The number of nitrogens with zero attached hydrogens (tertiary/aromatic N) is 3. The van der Waals surface area contributed by atoms with Gasteiger partial charge in [0.1, 0.15) is 11.8 Å². The first-order valence-electron chi connectivity index (χ1n) is 5.52. The van der Waals surface area contributed by atoms with E-state index < -0.39 is 0 Å². The number of nitriles is 1. The number of hydrogen-bond acceptors (Lipinski definition) is 3. The number of hydrogen-bond donors (Lipinski definition) is 0. The highest BCUT2D eigenvalue weighted by Gasteiger charge is 2.08. The van der Waals surface area contributed by atoms with Crippen LogP contribution in [0, 0.1) is 11.3 Å². The maximum atomic E-state index is 8.99. The molecule has 0 atom stereocenters. The fourth-order valence-electron chi connectivity index (χ4n) is 1.46. The Morgan fingerprint density at radius 3 is 2.83 bits per heavy atom. The molecule has 0 aliphatic heterocycles. The van der Waals surface area contributed by atoms with Crippen LogP contribution in [0.4, 0.5) is 0 Å². The first-order valence-corrected chi connectivity index (χ1v) is 5.89. The molecule has 1 aromatic heterocycles. The Morgan fingerprint density at radius 1 is 1.44 bits per heavy atom. The predicted octanol–water partition coefficient (Wildman–Crippen LogP) is 3.78. The van der Waals surface area contributed by atoms with Crippen molar-refractivity contribution in [3.63, 3.8) is 0 Å². The van der Waals surface area contributed by atoms with Crippen LogP contribution in [0.15, 0.2) is 30.6 Å². The number of aromatic nitrogens is 2. The first-order chi connectivity index (χ1) is 8.60. The van der Waals surface area contributed by atoms with Gasteiger partial charge in [0.15, 0.2) is 5.75 Å². The van der Waals surface area contributed by atoms with E-state index in [0.717, 1.165) is 0 Å². The van der Waals surface area contributed by atoms with Gasteiger partial charge >= 0.3 is 0 Å². The van der Waals surface area contributed by atoms with Crippen molar-refractivity contribution >= 4 is 11.6 Å². The summed E-state index contributed by atoms with van der Waals surface area (Å²) in [5.41, 5.74) is 0.441. The average molecular weight is 262 g/mol. The standard InChI is InChI=1S/C13H12ClN3O/c1-9(2)17-8-12(7-16-17)18-13-5-11(14)4-3-10(13)6-15/h3-5,7-9H,1-2H3. The molecule has 0 spiro atoms. The van der Waals surface area contributed by atoms with Crippen molar-refractivity contribution in [2.24, 2.45) is 0 Å². The lowest BCUT2D eigenvalue weighted by molar-refractivity contribution is 0.475. The van der Waals surface area contributed by atoms with E-state index in [1.807, 2.05) is 13.8 Å². The van der Waals surface area contributed by atoms with E-state index in [1.165, 1.54) is 0 Å². The molecule has 4 nitrogen and oxygen atoms in total. The molecule has 18 heavy (non-hydrogen) atoms. The van der Waals surface area contributed by atoms with Crippen molar-refractivity contribution < 1.29 is 4.74 Å². The zero-order chi connectivity index (χ0) is 13.1. The molecule has 0 amide bonds. The number of rotatable bonds is 3. The quantitative estimate of drug-likeness (QED) is 0.845. The highest BCUT2D eigenvalue weighted by Crippen LogP contribution is 2.28. The number of ether oxygens (including phenoxy) is 1. The molecule has 2 aromatic rings. The Bertz CT molecular complexity index is 599. The molecule has 0 saturated carbocycles. The van der Waals surface area contributed by atoms with E-state index in [0.29, 0.717) is 22.1 Å². The van der Waals surface area contributed by atoms with Crippen LogP contribution in [0.25, 0.3) is 0 Å². The Hall–Kier alpha value is -1.99. The molecular formula is C13H12ClN3O. The van der Waals surface area contributed by atoms with Gasteiger partial charge in [-0.05, 0) is 26.0 Å². The number of halogens is 1. The lowest BCUT2D eigenvalue weighted by Crippen LogP contribution is -1.99. The molecule has 0 aliphatic carbocycles. The van der Waals surface area contributed by atoms with Gasteiger partial charge in [-0.25, -0.2) is 0 Å². The van der Waals surface area contributed by atoms with E-state index in [1.54, 1.807) is 35.3 Å². The zero-order valence-electron chi connectivity index (χ0n) is 10.1. The molecule has 0 N–H and O–H groups in total. The van der Waals surface area contributed by atoms with Crippen molar-refractivity contribution in [3.8, 4) is 17.6 Å². The molecule has 1 heterocycles. The lowest BCUT2D eigenvalue weighted by Gasteiger charge is -2.06. The molecule has 2 rings (SSSR count). The van der Waals surface area contributed by atoms with E-state index in [-0.39, 0.29) is 6.04 Å². The second-order valence-corrected chi connectivity index (χ2v) is 4.54. The zero-order valence-corrected chi connectivity index (χ0v) is 10.8. The molecule has 0 radical (unpaired) electrons. The second-order valence-electron chi connectivity index (χ2n) is 4.10. The summed E-state index contributed by atoms with van der Waals surface area (Å²) in [4.78, 5) is 0. The summed E-state index contributed by atoms with van der Waals surface area (Å²) in [6.07, 6.45) is 3.40. The summed E-state index contributed by atoms with van der Waals surface area (Å²) in [6, 6.07) is 7.23. The van der Waals surface area contributed by atoms with Gasteiger partial charge in [0.05, 0.1) is 18.0 Å². The molecule has 92 valence electrons. The summed E-state index contributed by atoms with van der Waals surface area (Å²) in [5, 5.41) is 13.7. The van der Waals surface area contributed by atoms with Crippen molar-refractivity contribution in [1.82, 2.24) is 9.78 Å². The Morgan fingerprint density at radius 2 is 2.22 bits per heavy atom. The summed E-state index contributed by atoms with van der Waals surface area (Å²) in [7, 11) is 0. The second kappa shape index (κ2) is 5.11. The van der Waals surface area contributed by atoms with Gasteiger partial charge in [-0.2, -0.15) is 10.4 Å². The monoisotopic (exact) mass is 261 g/mol. The molecule has 0 bridgehead atoms. The average Bonchev–Trinajstić information content (AvgIpc) is 2.78. The summed E-state index contributed by atoms with van der Waals surface area (Å²) in [6.45, 7) is 4.05. The molecule has 0 saturated heterocycles. The summed E-state index contributed by atoms with van der Waals surface area (Å²) < 4.78 is 7.41. The van der Waals surface area contributed by atoms with E-state index in [4.69, 9.17) is 21.6 Å². The van der Waals surface area contributed by atoms with Crippen LogP contribution in [0.2, 0.25) is 5.02 Å². The Labute approximate surface area is 110 Å². The van der Waals surface area contributed by atoms with Crippen LogP contribution >= 0.6 is 11.6 Å². The molecular weight excluding hydrogens is 250 g/mol. The fraction of sp³-hybridized carbons (Fsp3) is 0.231. The van der Waals surface area contributed by atoms with Gasteiger partial charge in [-0.1, -0.05) is 11.6 Å². The van der Waals surface area contributed by atoms with Gasteiger partial charge in [0.25, 0.3) is 0 Å². The smallest absolute Gasteiger partial charge is 0.165 e. The fourth-order valence-corrected chi connectivity index (χ4v) is 1.62. The first kappa shape index (κ1) is 12.5. The van der Waals surface area contributed by atoms with Gasteiger partial charge < -0.3 is 4.74 Å². The SMILES string of the molecule is CC(C)n1cc(Oc2cc(Cl)ccc2C#N)cn1. The third kappa shape index (κ3) is 2.63. The predicted molar refractivity (Wildman–Crippen MR) is 68.9 cm³/mol. The van der Waals surface area contributed by atoms with E-state index in [2.05, 4.69) is 11.2 Å². The minimum atomic E-state index is 0.261. The van der Waals surface area contributed by atoms with Crippen LogP contribution in [0.3, 0.4) is 0 Å². The third-order valence-electron chi connectivity index (χ3n) is 2.40. The molecule has 0 unspecified atom stereocenters. The van der Waals surface area contributed by atoms with E-state index >= 15 is 0 Å². The highest BCUT2D eigenvalue weighted by atomic mass is 35.5. The van der Waals surface area contributed by atoms with Crippen molar-refractivity contribution in [3.05, 3.63) is 41.2 Å². The minimum Gasteiger partial charge on any atom is -0.453 e. The minimum absolute atomic E-state index is 0.261. The Kier molecular flexibility index (Phi) is 3.54. The molecule has 0 aliphatic rings. The van der Waals surface area contributed by atoms with Crippen molar-refractivity contribution in [2.75, 3.05) is 0 Å². The molecule has 0 fully saturated rings. The highest BCUT2D eigenvalue weighted by molar-refractivity contribution is 6.30. The number of benzene rings is 1. The van der Waals surface area contributed by atoms with Crippen LogP contribution in [-0.4, -0.2) is 9.78 Å². The summed E-state index contributed by atoms with van der Waals surface area (Å²) in [5.74, 6) is 1.02. The van der Waals surface area contributed by atoms with Gasteiger partial charge in [0, 0.05) is 17.1 Å². The van der Waals surface area contributed by atoms with Gasteiger partial charge in [-0.15, -0.1) is 0 Å². The third-order valence-corrected chi connectivity index (χ3v) is 2.63. The lowest BCUT2D eigenvalue weighted by atomic mass is 10.2. The maximum absolute atomic E-state index is 8.99. The van der Waals surface area contributed by atoms with Crippen LogP contribution < -0.4 is 4.74 Å². The van der Waals surface area contributed by atoms with Crippen LogP contribution in [-0.2, 0) is 0 Å². The van der Waals surface area contributed by atoms with Crippen molar-refractivity contribution in [2.45, 2.75) is 19.9 Å². The van der Waals surface area contributed by atoms with Crippen LogP contribution in [0.5, 0.6) is 11.5 Å². The van der Waals surface area contributed by atoms with E-state index in [9.17, 15) is 0 Å². The normalized spacial score (nSPS) is 10.4. The maximum Gasteiger partial charge on any atom is 0.165 e. The molecule has 1 aromatic carbocycles. The van der Waals surface area contributed by atoms with Crippen molar-refractivity contribution in [1.29, 1.82) is 5.26 Å². The largest absolute Gasteiger partial charge is 0.453 e. The Balaban J connectivity index is 2.28. The molecule has 5 heteroatoms. The van der Waals surface area contributed by atoms with Crippen LogP contribution in [0.1, 0.15) is 25.5 Å². The van der Waals surface area contributed by atoms with Gasteiger partial charge in [-0.3, -0.25) is 4.68 Å².